The number of piperazine rings is 2. The molecule has 2 saturated heterocycles. The van der Waals surface area contributed by atoms with Crippen LogP contribution in [-0.2, 0) is 39.8 Å². The number of halogens is 6. The van der Waals surface area contributed by atoms with Crippen molar-refractivity contribution in [3.05, 3.63) is 120 Å². The van der Waals surface area contributed by atoms with E-state index in [4.69, 9.17) is 9.47 Å². The third-order valence-electron chi connectivity index (χ3n) is 9.74. The zero-order valence-corrected chi connectivity index (χ0v) is 29.6. The molecule has 2 aromatic heterocycles. The molecular weight excluding hydrogens is 714 g/mol. The topological polar surface area (TPSA) is 74.3 Å². The minimum absolute atomic E-state index is 0.0849. The zero-order chi connectivity index (χ0) is 38.1. The van der Waals surface area contributed by atoms with E-state index < -0.39 is 35.6 Å². The molecule has 2 aliphatic heterocycles. The average molecular weight is 757 g/mol. The van der Waals surface area contributed by atoms with E-state index in [0.717, 1.165) is 35.7 Å². The number of hydrogen-bond acceptors (Lipinski definition) is 9. The molecule has 54 heavy (non-hydrogen) atoms. The number of carbonyl (C=O) groups excluding carboxylic acids is 1. The molecule has 4 aromatic rings. The number of ketones is 1. The van der Waals surface area contributed by atoms with E-state index in [2.05, 4.69) is 19.8 Å². The molecule has 0 radical (unpaired) electrons. The summed E-state index contributed by atoms with van der Waals surface area (Å²) in [5.41, 5.74) is 0.279. The van der Waals surface area contributed by atoms with E-state index in [1.54, 1.807) is 0 Å². The number of ether oxygens (including phenoxy) is 2. The van der Waals surface area contributed by atoms with Gasteiger partial charge < -0.3 is 19.3 Å². The van der Waals surface area contributed by atoms with Gasteiger partial charge in [0.1, 0.15) is 11.6 Å². The van der Waals surface area contributed by atoms with Crippen molar-refractivity contribution in [2.45, 2.75) is 37.7 Å². The number of benzene rings is 2. The van der Waals surface area contributed by atoms with Crippen LogP contribution in [0.4, 0.5) is 38.0 Å². The third-order valence-corrected chi connectivity index (χ3v) is 9.74. The Kier molecular flexibility index (Phi) is 12.8. The van der Waals surface area contributed by atoms with Crippen LogP contribution in [-0.4, -0.2) is 103 Å². The molecule has 6 rings (SSSR count). The predicted molar refractivity (Wildman–Crippen MR) is 191 cm³/mol. The number of hydrogen-bond donors (Lipinski definition) is 0. The van der Waals surface area contributed by atoms with Crippen molar-refractivity contribution < 1.29 is 40.6 Å². The van der Waals surface area contributed by atoms with Crippen LogP contribution in [0.5, 0.6) is 0 Å². The van der Waals surface area contributed by atoms with Gasteiger partial charge in [-0.05, 0) is 35.4 Å². The Labute approximate surface area is 310 Å². The second kappa shape index (κ2) is 17.7. The molecule has 2 unspecified atom stereocenters. The quantitative estimate of drug-likeness (QED) is 0.140. The van der Waals surface area contributed by atoms with Gasteiger partial charge in [-0.1, -0.05) is 60.7 Å². The highest BCUT2D eigenvalue weighted by molar-refractivity contribution is 5.89. The summed E-state index contributed by atoms with van der Waals surface area (Å²) in [4.78, 5) is 30.8. The number of alkyl halides is 6. The summed E-state index contributed by atoms with van der Waals surface area (Å²) in [6.07, 6.45) is -7.30. The smallest absolute Gasteiger partial charge is 0.375 e. The number of Topliss-reactive ketones (excluding diaryl/α,β-unsaturated/α-hetero) is 1. The number of carbonyl (C=O) groups is 1. The average Bonchev–Trinajstić information content (AvgIpc) is 3.18. The standard InChI is InChI=1S/C39H42F6N6O3/c40-38(41,42)31-11-13-35(46-23-31)50-19-15-48(16-20-50)33(27-53-25-29-7-3-1-4-8-29)37(52)34(28-54-26-30-9-5-2-6-10-30)49-17-21-51(22-18-49)36-14-12-32(24-47-36)39(43,44)45/h1-14,23-24,33-34H,15-22,25-28H2. The van der Waals surface area contributed by atoms with Gasteiger partial charge in [-0.15, -0.1) is 0 Å². The molecular formula is C39H42F6N6O3. The summed E-state index contributed by atoms with van der Waals surface area (Å²) in [5, 5.41) is 0. The van der Waals surface area contributed by atoms with Crippen LogP contribution in [0.25, 0.3) is 0 Å². The van der Waals surface area contributed by atoms with Crippen LogP contribution in [0.1, 0.15) is 22.3 Å². The van der Waals surface area contributed by atoms with Gasteiger partial charge in [0.15, 0.2) is 5.78 Å². The fraction of sp³-hybridized carbons (Fsp3) is 0.410. The maximum absolute atomic E-state index is 14.8. The monoisotopic (exact) mass is 756 g/mol. The second-order valence-corrected chi connectivity index (χ2v) is 13.3. The highest BCUT2D eigenvalue weighted by Gasteiger charge is 2.38. The summed E-state index contributed by atoms with van der Waals surface area (Å²) < 4.78 is 91.2. The van der Waals surface area contributed by atoms with Gasteiger partial charge in [0.2, 0.25) is 0 Å². The van der Waals surface area contributed by atoms with Crippen LogP contribution >= 0.6 is 0 Å². The Morgan fingerprint density at radius 1 is 0.556 bits per heavy atom. The van der Waals surface area contributed by atoms with Crippen LogP contribution in [0.2, 0.25) is 0 Å². The first kappa shape index (κ1) is 39.1. The van der Waals surface area contributed by atoms with Gasteiger partial charge in [0.25, 0.3) is 0 Å². The van der Waals surface area contributed by atoms with E-state index >= 15 is 0 Å². The van der Waals surface area contributed by atoms with Crippen molar-refractivity contribution in [2.24, 2.45) is 0 Å². The van der Waals surface area contributed by atoms with Gasteiger partial charge in [0, 0.05) is 64.8 Å². The van der Waals surface area contributed by atoms with Crippen LogP contribution in [0.15, 0.2) is 97.3 Å². The van der Waals surface area contributed by atoms with E-state index in [1.165, 1.54) is 12.1 Å². The lowest BCUT2D eigenvalue weighted by Gasteiger charge is -2.43. The van der Waals surface area contributed by atoms with Gasteiger partial charge in [-0.3, -0.25) is 14.6 Å². The lowest BCUT2D eigenvalue weighted by atomic mass is 10.0. The molecule has 2 aliphatic rings. The minimum Gasteiger partial charge on any atom is -0.375 e. The zero-order valence-electron chi connectivity index (χ0n) is 29.6. The summed E-state index contributed by atoms with van der Waals surface area (Å²) >= 11 is 0. The summed E-state index contributed by atoms with van der Waals surface area (Å²) in [6, 6.07) is 22.7. The Morgan fingerprint density at radius 3 is 1.24 bits per heavy atom. The Morgan fingerprint density at radius 2 is 0.926 bits per heavy atom. The lowest BCUT2D eigenvalue weighted by Crippen LogP contribution is -2.61. The number of nitrogens with zero attached hydrogens (tertiary/aromatic N) is 6. The van der Waals surface area contributed by atoms with Crippen molar-refractivity contribution in [2.75, 3.05) is 75.4 Å². The van der Waals surface area contributed by atoms with E-state index in [0.29, 0.717) is 77.2 Å². The maximum atomic E-state index is 14.8. The number of pyridine rings is 2. The van der Waals surface area contributed by atoms with Crippen molar-refractivity contribution in [1.82, 2.24) is 19.8 Å². The van der Waals surface area contributed by atoms with Crippen LogP contribution < -0.4 is 9.80 Å². The summed E-state index contributed by atoms with van der Waals surface area (Å²) in [6.45, 7) is 4.35. The van der Waals surface area contributed by atoms with Gasteiger partial charge in [-0.2, -0.15) is 26.3 Å². The van der Waals surface area contributed by atoms with Gasteiger partial charge in [0.05, 0.1) is 49.6 Å². The van der Waals surface area contributed by atoms with Crippen molar-refractivity contribution in [3.63, 3.8) is 0 Å². The van der Waals surface area contributed by atoms with E-state index in [-0.39, 0.29) is 19.0 Å². The van der Waals surface area contributed by atoms with Gasteiger partial charge in [-0.25, -0.2) is 9.97 Å². The third kappa shape index (κ3) is 10.3. The lowest BCUT2D eigenvalue weighted by molar-refractivity contribution is -0.138. The van der Waals surface area contributed by atoms with Crippen LogP contribution in [0.3, 0.4) is 0 Å². The molecule has 2 fully saturated rings. The summed E-state index contributed by atoms with van der Waals surface area (Å²) in [7, 11) is 0. The Hall–Kier alpha value is -4.57. The Bertz CT molecular complexity index is 1620. The minimum atomic E-state index is -4.48. The Balaban J connectivity index is 1.17. The molecule has 15 heteroatoms. The first-order chi connectivity index (χ1) is 26.0. The van der Waals surface area contributed by atoms with Crippen LogP contribution in [0, 0.1) is 0 Å². The highest BCUT2D eigenvalue weighted by Crippen LogP contribution is 2.31. The van der Waals surface area contributed by atoms with Crippen molar-refractivity contribution in [3.8, 4) is 0 Å². The molecule has 2 atom stereocenters. The van der Waals surface area contributed by atoms with Crippen molar-refractivity contribution >= 4 is 17.4 Å². The first-order valence-corrected chi connectivity index (χ1v) is 17.8. The molecule has 0 bridgehead atoms. The predicted octanol–water partition coefficient (Wildman–Crippen LogP) is 6.20. The van der Waals surface area contributed by atoms with Crippen molar-refractivity contribution in [1.29, 1.82) is 0 Å². The highest BCUT2D eigenvalue weighted by atomic mass is 19.4. The molecule has 4 heterocycles. The molecule has 288 valence electrons. The second-order valence-electron chi connectivity index (χ2n) is 13.3. The molecule has 0 spiro atoms. The molecule has 9 nitrogen and oxygen atoms in total. The van der Waals surface area contributed by atoms with E-state index in [1.807, 2.05) is 70.5 Å². The maximum Gasteiger partial charge on any atom is 0.417 e. The molecule has 0 aliphatic carbocycles. The molecule has 0 N–H and O–H groups in total. The molecule has 0 amide bonds. The molecule has 2 aromatic carbocycles. The fourth-order valence-electron chi connectivity index (χ4n) is 6.69. The van der Waals surface area contributed by atoms with Gasteiger partial charge >= 0.3 is 12.4 Å². The first-order valence-electron chi connectivity index (χ1n) is 17.8. The number of anilines is 2. The normalized spacial score (nSPS) is 17.4. The largest absolute Gasteiger partial charge is 0.417 e. The molecule has 0 saturated carbocycles. The summed E-state index contributed by atoms with van der Waals surface area (Å²) in [5.74, 6) is 0.773. The number of aromatic nitrogens is 2. The number of rotatable bonds is 14. The fourth-order valence-corrected chi connectivity index (χ4v) is 6.69. The SMILES string of the molecule is O=C(C(COCc1ccccc1)N1CCN(c2ccc(C(F)(F)F)cn2)CC1)C(COCc1ccccc1)N1CCN(c2ccc(C(F)(F)F)cn2)CC1. The van der Waals surface area contributed by atoms with E-state index in [9.17, 15) is 31.1 Å².